The Bertz CT molecular complexity index is 336. The predicted octanol–water partition coefficient (Wildman–Crippen LogP) is 2.40. The van der Waals surface area contributed by atoms with Crippen molar-refractivity contribution in [2.45, 2.75) is 11.3 Å². The molecule has 1 N–H and O–H groups in total. The highest BCUT2D eigenvalue weighted by Crippen LogP contribution is 2.40. The molecule has 3 aliphatic rings. The summed E-state index contributed by atoms with van der Waals surface area (Å²) in [7, 11) is 0. The number of nitrogens with one attached hydrogen (secondary N) is 1. The van der Waals surface area contributed by atoms with Gasteiger partial charge in [0.15, 0.2) is 0 Å². The van der Waals surface area contributed by atoms with Crippen LogP contribution < -0.4 is 10.1 Å². The molecule has 3 heteroatoms. The zero-order valence-corrected chi connectivity index (χ0v) is 10.1. The van der Waals surface area contributed by atoms with Crippen LogP contribution >= 0.6 is 11.8 Å². The molecule has 1 aromatic rings. The van der Waals surface area contributed by atoms with Gasteiger partial charge in [-0.05, 0) is 43.5 Å². The molecule has 1 saturated heterocycles. The molecule has 2 unspecified atom stereocenters. The molecule has 2 heterocycles. The van der Waals surface area contributed by atoms with Crippen LogP contribution in [0.1, 0.15) is 6.42 Å². The number of hydrogen-bond donors (Lipinski definition) is 1. The Morgan fingerprint density at radius 3 is 2.62 bits per heavy atom. The average Bonchev–Trinajstić information content (AvgIpc) is 2.97. The Kier molecular flexibility index (Phi) is 3.06. The van der Waals surface area contributed by atoms with Gasteiger partial charge >= 0.3 is 0 Å². The summed E-state index contributed by atoms with van der Waals surface area (Å²) in [5, 5.41) is 3.32. The van der Waals surface area contributed by atoms with Gasteiger partial charge in [0.2, 0.25) is 0 Å². The van der Waals surface area contributed by atoms with Crippen LogP contribution in [0.4, 0.5) is 0 Å². The third-order valence-electron chi connectivity index (χ3n) is 3.33. The van der Waals surface area contributed by atoms with Crippen LogP contribution in [0, 0.1) is 11.8 Å². The first-order valence-electron chi connectivity index (χ1n) is 5.99. The van der Waals surface area contributed by atoms with E-state index in [-0.39, 0.29) is 0 Å². The number of piperidine rings is 1. The van der Waals surface area contributed by atoms with E-state index in [0.29, 0.717) is 0 Å². The standard InChI is InChI=1S/C8H8OS.C5H9N/c1-2-4-8-7(3-1)9-5-6-10-8;1-4-2-6-3-5(1)4/h1-4H,5-6H2;4-6H,1-3H2. The molecule has 0 bridgehead atoms. The van der Waals surface area contributed by atoms with E-state index >= 15 is 0 Å². The van der Waals surface area contributed by atoms with E-state index in [1.807, 2.05) is 30.0 Å². The van der Waals surface area contributed by atoms with E-state index in [1.54, 1.807) is 0 Å². The fourth-order valence-electron chi connectivity index (χ4n) is 2.26. The summed E-state index contributed by atoms with van der Waals surface area (Å²) in [5.41, 5.74) is 0. The lowest BCUT2D eigenvalue weighted by molar-refractivity contribution is 0.330. The number of hydrogen-bond acceptors (Lipinski definition) is 3. The Labute approximate surface area is 101 Å². The summed E-state index contributed by atoms with van der Waals surface area (Å²) in [6.07, 6.45) is 1.52. The first-order chi connectivity index (χ1) is 7.93. The van der Waals surface area contributed by atoms with Crippen molar-refractivity contribution in [1.82, 2.24) is 5.32 Å². The maximum absolute atomic E-state index is 5.40. The number of fused-ring (bicyclic) bond motifs is 2. The lowest BCUT2D eigenvalue weighted by atomic mass is 10.3. The molecule has 16 heavy (non-hydrogen) atoms. The van der Waals surface area contributed by atoms with Crippen LogP contribution in [0.25, 0.3) is 0 Å². The maximum atomic E-state index is 5.40. The van der Waals surface area contributed by atoms with Gasteiger partial charge < -0.3 is 10.1 Å². The molecule has 0 amide bonds. The topological polar surface area (TPSA) is 21.3 Å². The highest BCUT2D eigenvalue weighted by atomic mass is 32.2. The Balaban J connectivity index is 0.000000114. The van der Waals surface area contributed by atoms with Gasteiger partial charge in [0, 0.05) is 10.6 Å². The van der Waals surface area contributed by atoms with E-state index in [0.717, 1.165) is 29.9 Å². The van der Waals surface area contributed by atoms with Gasteiger partial charge in [-0.2, -0.15) is 0 Å². The molecular weight excluding hydrogens is 218 g/mol. The molecule has 0 spiro atoms. The van der Waals surface area contributed by atoms with Crippen molar-refractivity contribution in [1.29, 1.82) is 0 Å². The number of benzene rings is 1. The summed E-state index contributed by atoms with van der Waals surface area (Å²) in [6.45, 7) is 3.47. The largest absolute Gasteiger partial charge is 0.492 e. The lowest BCUT2D eigenvalue weighted by Crippen LogP contribution is -2.10. The minimum Gasteiger partial charge on any atom is -0.492 e. The molecule has 2 fully saturated rings. The molecule has 86 valence electrons. The highest BCUT2D eigenvalue weighted by Gasteiger charge is 2.40. The average molecular weight is 235 g/mol. The van der Waals surface area contributed by atoms with Gasteiger partial charge in [-0.25, -0.2) is 0 Å². The smallest absolute Gasteiger partial charge is 0.132 e. The van der Waals surface area contributed by atoms with Crippen molar-refractivity contribution >= 4 is 11.8 Å². The zero-order valence-electron chi connectivity index (χ0n) is 9.32. The first kappa shape index (κ1) is 10.5. The lowest BCUT2D eigenvalue weighted by Gasteiger charge is -2.15. The predicted molar refractivity (Wildman–Crippen MR) is 67.1 cm³/mol. The molecule has 0 aromatic heterocycles. The van der Waals surface area contributed by atoms with Crippen molar-refractivity contribution in [2.24, 2.45) is 11.8 Å². The van der Waals surface area contributed by atoms with Crippen LogP contribution in [-0.2, 0) is 0 Å². The van der Waals surface area contributed by atoms with Gasteiger partial charge in [0.05, 0.1) is 6.61 Å². The monoisotopic (exact) mass is 235 g/mol. The molecule has 0 radical (unpaired) electrons. The molecule has 4 rings (SSSR count). The van der Waals surface area contributed by atoms with Gasteiger partial charge in [0.25, 0.3) is 0 Å². The highest BCUT2D eigenvalue weighted by molar-refractivity contribution is 7.99. The van der Waals surface area contributed by atoms with Gasteiger partial charge in [-0.15, -0.1) is 11.8 Å². The fraction of sp³-hybridized carbons (Fsp3) is 0.538. The first-order valence-corrected chi connectivity index (χ1v) is 6.97. The van der Waals surface area contributed by atoms with Gasteiger partial charge in [-0.1, -0.05) is 12.1 Å². The quantitative estimate of drug-likeness (QED) is 0.746. The number of rotatable bonds is 0. The molecule has 1 saturated carbocycles. The van der Waals surface area contributed by atoms with Crippen LogP contribution in [0.5, 0.6) is 5.75 Å². The van der Waals surface area contributed by atoms with Crippen LogP contribution in [0.2, 0.25) is 0 Å². The van der Waals surface area contributed by atoms with Crippen molar-refractivity contribution < 1.29 is 4.74 Å². The molecule has 2 atom stereocenters. The van der Waals surface area contributed by atoms with Crippen LogP contribution in [0.15, 0.2) is 29.2 Å². The fourth-order valence-corrected chi connectivity index (χ4v) is 3.09. The molecule has 1 aliphatic carbocycles. The van der Waals surface area contributed by atoms with E-state index in [4.69, 9.17) is 4.74 Å². The van der Waals surface area contributed by atoms with Crippen molar-refractivity contribution in [3.63, 3.8) is 0 Å². The minimum absolute atomic E-state index is 0.849. The van der Waals surface area contributed by atoms with Crippen molar-refractivity contribution in [2.75, 3.05) is 25.4 Å². The Morgan fingerprint density at radius 2 is 2.00 bits per heavy atom. The van der Waals surface area contributed by atoms with E-state index in [1.165, 1.54) is 24.4 Å². The second-order valence-corrected chi connectivity index (χ2v) is 5.69. The molecular formula is C13H17NOS. The maximum Gasteiger partial charge on any atom is 0.132 e. The van der Waals surface area contributed by atoms with E-state index < -0.39 is 0 Å². The number of ether oxygens (including phenoxy) is 1. The number of thioether (sulfide) groups is 1. The number of para-hydroxylation sites is 1. The second-order valence-electron chi connectivity index (χ2n) is 4.56. The summed E-state index contributed by atoms with van der Waals surface area (Å²) in [4.78, 5) is 1.27. The van der Waals surface area contributed by atoms with Gasteiger partial charge in [0.1, 0.15) is 5.75 Å². The Hall–Kier alpha value is -0.670. The summed E-state index contributed by atoms with van der Waals surface area (Å²) in [5.74, 6) is 4.32. The second kappa shape index (κ2) is 4.68. The van der Waals surface area contributed by atoms with Crippen molar-refractivity contribution in [3.8, 4) is 5.75 Å². The normalized spacial score (nSPS) is 29.2. The van der Waals surface area contributed by atoms with Crippen molar-refractivity contribution in [3.05, 3.63) is 24.3 Å². The van der Waals surface area contributed by atoms with Crippen LogP contribution in [0.3, 0.4) is 0 Å². The summed E-state index contributed by atoms with van der Waals surface area (Å²) < 4.78 is 5.40. The molecule has 2 nitrogen and oxygen atoms in total. The van der Waals surface area contributed by atoms with Crippen LogP contribution in [-0.4, -0.2) is 25.4 Å². The summed E-state index contributed by atoms with van der Waals surface area (Å²) >= 11 is 1.86. The zero-order chi connectivity index (χ0) is 10.8. The minimum atomic E-state index is 0.849. The SMILES string of the molecule is C1NCC2CC12.c1ccc2c(c1)OCCS2. The third-order valence-corrected chi connectivity index (χ3v) is 4.35. The third kappa shape index (κ3) is 2.36. The molecule has 2 aliphatic heterocycles. The van der Waals surface area contributed by atoms with E-state index in [9.17, 15) is 0 Å². The summed E-state index contributed by atoms with van der Waals surface area (Å²) in [6, 6.07) is 8.16. The van der Waals surface area contributed by atoms with E-state index in [2.05, 4.69) is 11.4 Å². The Morgan fingerprint density at radius 1 is 1.19 bits per heavy atom. The van der Waals surface area contributed by atoms with Gasteiger partial charge in [-0.3, -0.25) is 0 Å². The molecule has 1 aromatic carbocycles.